The Morgan fingerprint density at radius 3 is 2.56 bits per heavy atom. The molecule has 1 aromatic rings. The van der Waals surface area contributed by atoms with E-state index in [1.54, 1.807) is 30.3 Å². The highest BCUT2D eigenvalue weighted by Gasteiger charge is 2.27. The molecule has 178 valence electrons. The predicted octanol–water partition coefficient (Wildman–Crippen LogP) is 2.34. The van der Waals surface area contributed by atoms with Crippen LogP contribution in [0.3, 0.4) is 0 Å². The quantitative estimate of drug-likeness (QED) is 0.535. The highest BCUT2D eigenvalue weighted by Crippen LogP contribution is 2.19. The van der Waals surface area contributed by atoms with Gasteiger partial charge in [0.2, 0.25) is 11.8 Å². The lowest BCUT2D eigenvalue weighted by Gasteiger charge is -2.31. The number of hydrogen-bond donors (Lipinski definition) is 2. The van der Waals surface area contributed by atoms with E-state index in [-0.39, 0.29) is 17.9 Å². The van der Waals surface area contributed by atoms with E-state index in [2.05, 4.69) is 20.5 Å². The van der Waals surface area contributed by atoms with Gasteiger partial charge >= 0.3 is 6.03 Å². The fourth-order valence-corrected chi connectivity index (χ4v) is 4.16. The Morgan fingerprint density at radius 1 is 1.09 bits per heavy atom. The van der Waals surface area contributed by atoms with Crippen molar-refractivity contribution in [3.8, 4) is 5.88 Å². The van der Waals surface area contributed by atoms with Gasteiger partial charge in [0.25, 0.3) is 0 Å². The molecule has 0 radical (unpaired) electrons. The van der Waals surface area contributed by atoms with Crippen LogP contribution >= 0.6 is 0 Å². The Morgan fingerprint density at radius 2 is 1.88 bits per heavy atom. The Kier molecular flexibility index (Phi) is 10.0. The summed E-state index contributed by atoms with van der Waals surface area (Å²) < 4.78 is 10.4. The number of carbonyl (C=O) groups excluding carboxylic acids is 2. The van der Waals surface area contributed by atoms with Crippen LogP contribution in [0.4, 0.5) is 10.5 Å². The SMILES string of the molecule is COCCOc1ccc(NC(=O)N2CCC(C(=O)NCCCN3CCCCC3)CC2)cn1. The van der Waals surface area contributed by atoms with Crippen molar-refractivity contribution in [2.75, 3.05) is 64.9 Å². The van der Waals surface area contributed by atoms with Crippen molar-refractivity contribution in [2.45, 2.75) is 38.5 Å². The van der Waals surface area contributed by atoms with Gasteiger partial charge in [0, 0.05) is 38.7 Å². The summed E-state index contributed by atoms with van der Waals surface area (Å²) >= 11 is 0. The van der Waals surface area contributed by atoms with Crippen molar-refractivity contribution in [1.82, 2.24) is 20.1 Å². The summed E-state index contributed by atoms with van der Waals surface area (Å²) in [4.78, 5) is 33.4. The van der Waals surface area contributed by atoms with E-state index in [1.807, 2.05) is 0 Å². The summed E-state index contributed by atoms with van der Waals surface area (Å²) in [5.74, 6) is 0.596. The topological polar surface area (TPSA) is 96.0 Å². The minimum atomic E-state index is -0.166. The van der Waals surface area contributed by atoms with Crippen LogP contribution in [-0.2, 0) is 9.53 Å². The lowest BCUT2D eigenvalue weighted by atomic mass is 9.96. The van der Waals surface area contributed by atoms with Gasteiger partial charge in [0.15, 0.2) is 0 Å². The number of anilines is 1. The summed E-state index contributed by atoms with van der Waals surface area (Å²) in [7, 11) is 1.61. The van der Waals surface area contributed by atoms with Gasteiger partial charge in [-0.3, -0.25) is 4.79 Å². The molecule has 0 aromatic carbocycles. The maximum atomic E-state index is 12.5. The molecule has 3 rings (SSSR count). The average molecular weight is 448 g/mol. The molecule has 3 heterocycles. The zero-order chi connectivity index (χ0) is 22.6. The summed E-state index contributed by atoms with van der Waals surface area (Å²) in [6, 6.07) is 3.31. The van der Waals surface area contributed by atoms with Crippen LogP contribution in [0.5, 0.6) is 5.88 Å². The van der Waals surface area contributed by atoms with Gasteiger partial charge < -0.3 is 29.9 Å². The van der Waals surface area contributed by atoms with E-state index in [9.17, 15) is 9.59 Å². The number of hydrogen-bond acceptors (Lipinski definition) is 6. The molecule has 2 aliphatic heterocycles. The minimum absolute atomic E-state index is 0.0146. The molecule has 9 nitrogen and oxygen atoms in total. The Balaban J connectivity index is 1.31. The van der Waals surface area contributed by atoms with Gasteiger partial charge in [-0.2, -0.15) is 0 Å². The number of likely N-dealkylation sites (tertiary alicyclic amines) is 2. The lowest BCUT2D eigenvalue weighted by molar-refractivity contribution is -0.126. The largest absolute Gasteiger partial charge is 0.475 e. The zero-order valence-electron chi connectivity index (χ0n) is 19.2. The van der Waals surface area contributed by atoms with E-state index in [1.165, 1.54) is 32.4 Å². The summed E-state index contributed by atoms with van der Waals surface area (Å²) in [6.45, 7) is 6.24. The molecule has 3 amide bonds. The van der Waals surface area contributed by atoms with E-state index in [0.29, 0.717) is 50.7 Å². The summed E-state index contributed by atoms with van der Waals surface area (Å²) in [5, 5.41) is 5.95. The van der Waals surface area contributed by atoms with E-state index in [0.717, 1.165) is 19.5 Å². The second-order valence-electron chi connectivity index (χ2n) is 8.46. The maximum Gasteiger partial charge on any atom is 0.321 e. The molecule has 0 unspecified atom stereocenters. The van der Waals surface area contributed by atoms with Crippen molar-refractivity contribution in [3.63, 3.8) is 0 Å². The van der Waals surface area contributed by atoms with Gasteiger partial charge in [-0.15, -0.1) is 0 Å². The molecule has 2 N–H and O–H groups in total. The molecular formula is C23H37N5O4. The fraction of sp³-hybridized carbons (Fsp3) is 0.696. The number of aromatic nitrogens is 1. The van der Waals surface area contributed by atoms with E-state index >= 15 is 0 Å². The van der Waals surface area contributed by atoms with Crippen LogP contribution < -0.4 is 15.4 Å². The van der Waals surface area contributed by atoms with Crippen molar-refractivity contribution >= 4 is 17.6 Å². The lowest BCUT2D eigenvalue weighted by Crippen LogP contribution is -2.45. The van der Waals surface area contributed by atoms with Crippen LogP contribution in [0.25, 0.3) is 0 Å². The van der Waals surface area contributed by atoms with Crippen LogP contribution in [0.15, 0.2) is 18.3 Å². The molecule has 2 aliphatic rings. The minimum Gasteiger partial charge on any atom is -0.475 e. The van der Waals surface area contributed by atoms with Gasteiger partial charge in [-0.05, 0) is 57.8 Å². The molecule has 1 aromatic heterocycles. The first-order valence-corrected chi connectivity index (χ1v) is 11.8. The average Bonchev–Trinajstić information content (AvgIpc) is 2.84. The fourth-order valence-electron chi connectivity index (χ4n) is 4.16. The molecule has 0 atom stereocenters. The third-order valence-electron chi connectivity index (χ3n) is 6.08. The number of piperidine rings is 2. The summed E-state index contributed by atoms with van der Waals surface area (Å²) in [5.41, 5.74) is 0.614. The normalized spacial score (nSPS) is 17.7. The van der Waals surface area contributed by atoms with Crippen molar-refractivity contribution in [1.29, 1.82) is 0 Å². The molecule has 0 bridgehead atoms. The third kappa shape index (κ3) is 7.94. The predicted molar refractivity (Wildman–Crippen MR) is 123 cm³/mol. The van der Waals surface area contributed by atoms with Crippen LogP contribution in [0.2, 0.25) is 0 Å². The highest BCUT2D eigenvalue weighted by atomic mass is 16.5. The molecular weight excluding hydrogens is 410 g/mol. The Hall–Kier alpha value is -2.39. The van der Waals surface area contributed by atoms with E-state index < -0.39 is 0 Å². The number of amides is 3. The first-order valence-electron chi connectivity index (χ1n) is 11.8. The number of pyridine rings is 1. The van der Waals surface area contributed by atoms with Crippen LogP contribution in [-0.4, -0.2) is 86.3 Å². The first-order chi connectivity index (χ1) is 15.7. The monoisotopic (exact) mass is 447 g/mol. The number of carbonyl (C=O) groups is 2. The second-order valence-corrected chi connectivity index (χ2v) is 8.46. The molecule has 32 heavy (non-hydrogen) atoms. The Bertz CT molecular complexity index is 701. The summed E-state index contributed by atoms with van der Waals surface area (Å²) in [6.07, 6.45) is 7.89. The van der Waals surface area contributed by atoms with Crippen molar-refractivity contribution in [3.05, 3.63) is 18.3 Å². The molecule has 0 saturated carbocycles. The second kappa shape index (κ2) is 13.2. The van der Waals surface area contributed by atoms with E-state index in [4.69, 9.17) is 9.47 Å². The number of methoxy groups -OCH3 is 1. The van der Waals surface area contributed by atoms with Gasteiger partial charge in [0.05, 0.1) is 18.5 Å². The van der Waals surface area contributed by atoms with Gasteiger partial charge in [0.1, 0.15) is 6.61 Å². The smallest absolute Gasteiger partial charge is 0.321 e. The van der Waals surface area contributed by atoms with Crippen molar-refractivity contribution in [2.24, 2.45) is 5.92 Å². The number of ether oxygens (including phenoxy) is 2. The number of urea groups is 1. The zero-order valence-corrected chi connectivity index (χ0v) is 19.2. The number of rotatable bonds is 10. The molecule has 9 heteroatoms. The van der Waals surface area contributed by atoms with Crippen LogP contribution in [0, 0.1) is 5.92 Å². The standard InChI is InChI=1S/C23H37N5O4/c1-31-16-17-32-21-7-6-20(18-25-21)26-23(30)28-14-8-19(9-15-28)22(29)24-10-5-13-27-11-3-2-4-12-27/h6-7,18-19H,2-5,8-17H2,1H3,(H,24,29)(H,26,30). The highest BCUT2D eigenvalue weighted by molar-refractivity contribution is 5.89. The Labute approximate surface area is 190 Å². The number of nitrogens with one attached hydrogen (secondary N) is 2. The first kappa shape index (κ1) is 24.3. The van der Waals surface area contributed by atoms with Gasteiger partial charge in [-0.1, -0.05) is 6.42 Å². The number of nitrogens with zero attached hydrogens (tertiary/aromatic N) is 3. The van der Waals surface area contributed by atoms with Crippen LogP contribution in [0.1, 0.15) is 38.5 Å². The third-order valence-corrected chi connectivity index (χ3v) is 6.08. The molecule has 2 saturated heterocycles. The molecule has 0 spiro atoms. The molecule has 2 fully saturated rings. The van der Waals surface area contributed by atoms with Crippen molar-refractivity contribution < 1.29 is 19.1 Å². The molecule has 0 aliphatic carbocycles. The maximum absolute atomic E-state index is 12.5. The van der Waals surface area contributed by atoms with Gasteiger partial charge in [-0.25, -0.2) is 9.78 Å².